The standard InChI is InChI=1S/C19H16N4O2S/c1-23-18(25)14-4-2-3-5-15(14)22-19(23)26-11-17(24)21-13-7-6-12-8-9-20-16(12)10-13/h2-10,20H,11H2,1H3,(H,21,24). The van der Waals surface area contributed by atoms with Gasteiger partial charge in [0, 0.05) is 24.4 Å². The molecule has 0 aliphatic heterocycles. The number of fused-ring (bicyclic) bond motifs is 2. The van der Waals surface area contributed by atoms with Gasteiger partial charge in [0.2, 0.25) is 5.91 Å². The molecule has 0 bridgehead atoms. The summed E-state index contributed by atoms with van der Waals surface area (Å²) in [6, 6.07) is 14.9. The number of hydrogen-bond donors (Lipinski definition) is 2. The van der Waals surface area contributed by atoms with E-state index in [1.54, 1.807) is 19.2 Å². The third-order valence-electron chi connectivity index (χ3n) is 4.11. The zero-order valence-corrected chi connectivity index (χ0v) is 14.8. The van der Waals surface area contributed by atoms with Gasteiger partial charge in [-0.1, -0.05) is 30.0 Å². The molecule has 0 atom stereocenters. The quantitative estimate of drug-likeness (QED) is 0.431. The molecule has 0 unspecified atom stereocenters. The van der Waals surface area contributed by atoms with E-state index >= 15 is 0 Å². The fourth-order valence-corrected chi connectivity index (χ4v) is 3.55. The van der Waals surface area contributed by atoms with Gasteiger partial charge in [-0.2, -0.15) is 0 Å². The van der Waals surface area contributed by atoms with Crippen LogP contribution in [0.3, 0.4) is 0 Å². The number of benzene rings is 2. The summed E-state index contributed by atoms with van der Waals surface area (Å²) in [5.74, 6) is 0.0183. The van der Waals surface area contributed by atoms with E-state index in [1.165, 1.54) is 16.3 Å². The highest BCUT2D eigenvalue weighted by Gasteiger charge is 2.11. The van der Waals surface area contributed by atoms with Crippen LogP contribution in [0.2, 0.25) is 0 Å². The van der Waals surface area contributed by atoms with Crippen LogP contribution in [0.5, 0.6) is 0 Å². The number of nitrogens with one attached hydrogen (secondary N) is 2. The van der Waals surface area contributed by atoms with Crippen molar-refractivity contribution >= 4 is 45.2 Å². The fourth-order valence-electron chi connectivity index (χ4n) is 2.78. The van der Waals surface area contributed by atoms with Gasteiger partial charge in [0.1, 0.15) is 0 Å². The summed E-state index contributed by atoms with van der Waals surface area (Å²) < 4.78 is 1.48. The second-order valence-electron chi connectivity index (χ2n) is 5.89. The molecule has 7 heteroatoms. The van der Waals surface area contributed by atoms with Crippen molar-refractivity contribution in [2.45, 2.75) is 5.16 Å². The van der Waals surface area contributed by atoms with Gasteiger partial charge in [-0.05, 0) is 35.7 Å². The number of H-pyrrole nitrogens is 1. The van der Waals surface area contributed by atoms with E-state index in [0.29, 0.717) is 16.1 Å². The molecule has 6 nitrogen and oxygen atoms in total. The molecule has 0 radical (unpaired) electrons. The molecule has 2 aromatic carbocycles. The highest BCUT2D eigenvalue weighted by atomic mass is 32.2. The molecular weight excluding hydrogens is 348 g/mol. The molecule has 0 saturated carbocycles. The molecule has 4 rings (SSSR count). The van der Waals surface area contributed by atoms with Crippen molar-refractivity contribution in [2.75, 3.05) is 11.1 Å². The second-order valence-corrected chi connectivity index (χ2v) is 6.83. The SMILES string of the molecule is Cn1c(SCC(=O)Nc2ccc3cc[nH]c3c2)nc2ccccc2c1=O. The minimum Gasteiger partial charge on any atom is -0.361 e. The third-order valence-corrected chi connectivity index (χ3v) is 5.14. The molecule has 26 heavy (non-hydrogen) atoms. The predicted octanol–water partition coefficient (Wildman–Crippen LogP) is 3.15. The van der Waals surface area contributed by atoms with Crippen molar-refractivity contribution in [1.29, 1.82) is 0 Å². The number of rotatable bonds is 4. The Labute approximate surface area is 153 Å². The van der Waals surface area contributed by atoms with Crippen LogP contribution >= 0.6 is 11.8 Å². The number of aromatic amines is 1. The van der Waals surface area contributed by atoms with Gasteiger partial charge >= 0.3 is 0 Å². The summed E-state index contributed by atoms with van der Waals surface area (Å²) in [5.41, 5.74) is 2.21. The normalized spacial score (nSPS) is 11.1. The Hall–Kier alpha value is -3.06. The Morgan fingerprint density at radius 2 is 2.08 bits per heavy atom. The van der Waals surface area contributed by atoms with E-state index in [0.717, 1.165) is 16.6 Å². The lowest BCUT2D eigenvalue weighted by Crippen LogP contribution is -2.21. The minimum atomic E-state index is -0.150. The molecule has 2 aromatic heterocycles. The van der Waals surface area contributed by atoms with Crippen LogP contribution in [-0.2, 0) is 11.8 Å². The lowest BCUT2D eigenvalue weighted by atomic mass is 10.2. The minimum absolute atomic E-state index is 0.115. The Morgan fingerprint density at radius 3 is 2.96 bits per heavy atom. The average molecular weight is 364 g/mol. The Balaban J connectivity index is 1.49. The van der Waals surface area contributed by atoms with Gasteiger partial charge < -0.3 is 10.3 Å². The van der Waals surface area contributed by atoms with Crippen LogP contribution in [0.15, 0.2) is 64.7 Å². The largest absolute Gasteiger partial charge is 0.361 e. The summed E-state index contributed by atoms with van der Waals surface area (Å²) in [6.07, 6.45) is 1.86. The molecule has 0 spiro atoms. The van der Waals surface area contributed by atoms with Gasteiger partial charge in [-0.3, -0.25) is 14.2 Å². The van der Waals surface area contributed by atoms with Crippen molar-refractivity contribution in [1.82, 2.24) is 14.5 Å². The maximum Gasteiger partial charge on any atom is 0.261 e. The number of carbonyl (C=O) groups excluding carboxylic acids is 1. The highest BCUT2D eigenvalue weighted by molar-refractivity contribution is 7.99. The van der Waals surface area contributed by atoms with Crippen molar-refractivity contribution in [2.24, 2.45) is 7.05 Å². The van der Waals surface area contributed by atoms with Gasteiger partial charge in [-0.25, -0.2) is 4.98 Å². The average Bonchev–Trinajstić information content (AvgIpc) is 3.11. The fraction of sp³-hybridized carbons (Fsp3) is 0.105. The van der Waals surface area contributed by atoms with Crippen LogP contribution in [0.25, 0.3) is 21.8 Å². The first kappa shape index (κ1) is 16.4. The lowest BCUT2D eigenvalue weighted by Gasteiger charge is -2.09. The molecule has 0 aliphatic carbocycles. The van der Waals surface area contributed by atoms with Gasteiger partial charge in [0.15, 0.2) is 5.16 Å². The summed E-state index contributed by atoms with van der Waals surface area (Å²) >= 11 is 1.24. The number of amides is 1. The van der Waals surface area contributed by atoms with Crippen LogP contribution in [-0.4, -0.2) is 26.2 Å². The number of thioether (sulfide) groups is 1. The maximum absolute atomic E-state index is 12.4. The number of para-hydroxylation sites is 1. The first-order valence-electron chi connectivity index (χ1n) is 8.07. The van der Waals surface area contributed by atoms with E-state index in [4.69, 9.17) is 0 Å². The second kappa shape index (κ2) is 6.68. The molecule has 0 aliphatic rings. The van der Waals surface area contributed by atoms with Crippen LogP contribution in [0, 0.1) is 0 Å². The number of nitrogens with zero attached hydrogens (tertiary/aromatic N) is 2. The Kier molecular flexibility index (Phi) is 4.22. The molecule has 130 valence electrons. The highest BCUT2D eigenvalue weighted by Crippen LogP contribution is 2.20. The van der Waals surface area contributed by atoms with Crippen LogP contribution < -0.4 is 10.9 Å². The van der Waals surface area contributed by atoms with E-state index in [-0.39, 0.29) is 17.2 Å². The molecule has 2 N–H and O–H groups in total. The van der Waals surface area contributed by atoms with E-state index in [9.17, 15) is 9.59 Å². The number of aromatic nitrogens is 3. The maximum atomic E-state index is 12.4. The zero-order chi connectivity index (χ0) is 18.1. The summed E-state index contributed by atoms with van der Waals surface area (Å²) in [7, 11) is 1.67. The first-order chi connectivity index (χ1) is 12.6. The van der Waals surface area contributed by atoms with Gasteiger partial charge in [0.05, 0.1) is 16.7 Å². The van der Waals surface area contributed by atoms with E-state index in [1.807, 2.05) is 42.6 Å². The van der Waals surface area contributed by atoms with Crippen molar-refractivity contribution in [3.8, 4) is 0 Å². The summed E-state index contributed by atoms with van der Waals surface area (Å²) in [5, 5.41) is 5.05. The summed E-state index contributed by atoms with van der Waals surface area (Å²) in [4.78, 5) is 32.3. The Morgan fingerprint density at radius 1 is 1.23 bits per heavy atom. The van der Waals surface area contributed by atoms with E-state index in [2.05, 4.69) is 15.3 Å². The van der Waals surface area contributed by atoms with E-state index < -0.39 is 0 Å². The Bertz CT molecular complexity index is 1180. The van der Waals surface area contributed by atoms with Crippen molar-refractivity contribution in [3.63, 3.8) is 0 Å². The predicted molar refractivity (Wildman–Crippen MR) is 105 cm³/mol. The number of carbonyl (C=O) groups is 1. The van der Waals surface area contributed by atoms with Crippen molar-refractivity contribution in [3.05, 3.63) is 65.1 Å². The summed E-state index contributed by atoms with van der Waals surface area (Å²) in [6.45, 7) is 0. The van der Waals surface area contributed by atoms with Gasteiger partial charge in [0.25, 0.3) is 5.56 Å². The number of hydrogen-bond acceptors (Lipinski definition) is 4. The molecule has 1 amide bonds. The monoisotopic (exact) mass is 364 g/mol. The third kappa shape index (κ3) is 3.09. The smallest absolute Gasteiger partial charge is 0.261 e. The topological polar surface area (TPSA) is 79.8 Å². The van der Waals surface area contributed by atoms with Crippen LogP contribution in [0.1, 0.15) is 0 Å². The molecule has 0 saturated heterocycles. The first-order valence-corrected chi connectivity index (χ1v) is 9.06. The molecular formula is C19H16N4O2S. The number of anilines is 1. The van der Waals surface area contributed by atoms with Crippen LogP contribution in [0.4, 0.5) is 5.69 Å². The molecule has 2 heterocycles. The lowest BCUT2D eigenvalue weighted by molar-refractivity contribution is -0.113. The molecule has 4 aromatic rings. The molecule has 0 fully saturated rings. The van der Waals surface area contributed by atoms with Gasteiger partial charge in [-0.15, -0.1) is 0 Å². The van der Waals surface area contributed by atoms with Crippen molar-refractivity contribution < 1.29 is 4.79 Å². The zero-order valence-electron chi connectivity index (χ0n) is 14.0.